The van der Waals surface area contributed by atoms with Crippen molar-refractivity contribution in [1.29, 1.82) is 0 Å². The Bertz CT molecular complexity index is 471. The molecule has 1 aromatic heterocycles. The van der Waals surface area contributed by atoms with Gasteiger partial charge in [0.1, 0.15) is 0 Å². The Morgan fingerprint density at radius 2 is 2.05 bits per heavy atom. The minimum absolute atomic E-state index is 0.104. The van der Waals surface area contributed by atoms with Gasteiger partial charge in [-0.1, -0.05) is 13.8 Å². The lowest BCUT2D eigenvalue weighted by Crippen LogP contribution is -2.44. The van der Waals surface area contributed by atoms with Crippen LogP contribution in [0.5, 0.6) is 0 Å². The Hall–Kier alpha value is -1.56. The summed E-state index contributed by atoms with van der Waals surface area (Å²) in [6.45, 7) is 8.60. The van der Waals surface area contributed by atoms with E-state index in [9.17, 15) is 9.59 Å². The smallest absolute Gasteiger partial charge is 0.407 e. The predicted molar refractivity (Wildman–Crippen MR) is 84.8 cm³/mol. The molecule has 0 radical (unpaired) electrons. The van der Waals surface area contributed by atoms with Crippen LogP contribution in [0.1, 0.15) is 41.7 Å². The van der Waals surface area contributed by atoms with Gasteiger partial charge in [0, 0.05) is 17.5 Å². The zero-order valence-corrected chi connectivity index (χ0v) is 13.9. The molecule has 0 fully saturated rings. The first-order chi connectivity index (χ1) is 9.92. The van der Waals surface area contributed by atoms with E-state index in [4.69, 9.17) is 4.74 Å². The molecule has 0 unspecified atom stereocenters. The van der Waals surface area contributed by atoms with E-state index in [0.29, 0.717) is 23.9 Å². The Labute approximate surface area is 130 Å². The van der Waals surface area contributed by atoms with Crippen molar-refractivity contribution in [2.24, 2.45) is 5.92 Å². The molecule has 0 aliphatic rings. The summed E-state index contributed by atoms with van der Waals surface area (Å²) in [6, 6.07) is 3.60. The van der Waals surface area contributed by atoms with Gasteiger partial charge in [-0.3, -0.25) is 4.79 Å². The van der Waals surface area contributed by atoms with E-state index in [1.165, 1.54) is 11.3 Å². The highest BCUT2D eigenvalue weighted by molar-refractivity contribution is 7.13. The molecule has 0 saturated heterocycles. The van der Waals surface area contributed by atoms with E-state index in [2.05, 4.69) is 24.5 Å². The fraction of sp³-hybridized carbons (Fsp3) is 0.600. The first kappa shape index (κ1) is 17.5. The normalized spacial score (nSPS) is 12.0. The molecule has 0 saturated carbocycles. The quantitative estimate of drug-likeness (QED) is 0.813. The molecule has 6 heteroatoms. The fourth-order valence-electron chi connectivity index (χ4n) is 1.96. The zero-order valence-electron chi connectivity index (χ0n) is 13.1. The number of carbonyl (C=O) groups is 2. The van der Waals surface area contributed by atoms with Crippen molar-refractivity contribution in [2.45, 2.75) is 40.2 Å². The van der Waals surface area contributed by atoms with Gasteiger partial charge in [-0.15, -0.1) is 11.3 Å². The number of amides is 2. The van der Waals surface area contributed by atoms with Crippen molar-refractivity contribution < 1.29 is 14.3 Å². The van der Waals surface area contributed by atoms with E-state index in [-0.39, 0.29) is 11.9 Å². The molecule has 2 N–H and O–H groups in total. The van der Waals surface area contributed by atoms with Gasteiger partial charge in [0.25, 0.3) is 5.91 Å². The summed E-state index contributed by atoms with van der Waals surface area (Å²) >= 11 is 1.46. The molecule has 0 aliphatic heterocycles. The second-order valence-electron chi connectivity index (χ2n) is 5.31. The van der Waals surface area contributed by atoms with Crippen LogP contribution in [-0.2, 0) is 4.74 Å². The summed E-state index contributed by atoms with van der Waals surface area (Å²) in [5.41, 5.74) is 0. The largest absolute Gasteiger partial charge is 0.450 e. The first-order valence-electron chi connectivity index (χ1n) is 7.20. The van der Waals surface area contributed by atoms with Crippen LogP contribution in [0.25, 0.3) is 0 Å². The minimum atomic E-state index is -0.440. The zero-order chi connectivity index (χ0) is 15.8. The minimum Gasteiger partial charge on any atom is -0.450 e. The van der Waals surface area contributed by atoms with Crippen LogP contribution in [0.2, 0.25) is 0 Å². The van der Waals surface area contributed by atoms with Gasteiger partial charge in [0.2, 0.25) is 0 Å². The Morgan fingerprint density at radius 1 is 1.33 bits per heavy atom. The molecular weight excluding hydrogens is 288 g/mol. The third-order valence-corrected chi connectivity index (χ3v) is 3.83. The molecule has 1 rings (SSSR count). The fourth-order valence-corrected chi connectivity index (χ4v) is 2.75. The molecule has 5 nitrogen and oxygen atoms in total. The number of hydrogen-bond donors (Lipinski definition) is 2. The molecule has 0 spiro atoms. The summed E-state index contributed by atoms with van der Waals surface area (Å²) in [5, 5.41) is 5.66. The molecule has 0 aromatic carbocycles. The monoisotopic (exact) mass is 312 g/mol. The van der Waals surface area contributed by atoms with Crippen LogP contribution in [0.3, 0.4) is 0 Å². The van der Waals surface area contributed by atoms with Gasteiger partial charge in [0.15, 0.2) is 0 Å². The van der Waals surface area contributed by atoms with Crippen LogP contribution in [-0.4, -0.2) is 31.2 Å². The third-order valence-electron chi connectivity index (χ3n) is 2.83. The van der Waals surface area contributed by atoms with Crippen LogP contribution >= 0.6 is 11.3 Å². The molecule has 21 heavy (non-hydrogen) atoms. The Morgan fingerprint density at radius 3 is 2.57 bits per heavy atom. The standard InChI is InChI=1S/C15H24N2O3S/c1-5-20-15(19)17-12(8-10(2)3)9-16-14(18)13-7-6-11(4)21-13/h6-7,10,12H,5,8-9H2,1-4H3,(H,16,18)(H,17,19)/t12-/m0/s1. The highest BCUT2D eigenvalue weighted by Gasteiger charge is 2.16. The molecule has 0 aliphatic carbocycles. The van der Waals surface area contributed by atoms with E-state index in [0.717, 1.165) is 11.3 Å². The summed E-state index contributed by atoms with van der Waals surface area (Å²) in [7, 11) is 0. The highest BCUT2D eigenvalue weighted by Crippen LogP contribution is 2.14. The van der Waals surface area contributed by atoms with Crippen LogP contribution in [0, 0.1) is 12.8 Å². The van der Waals surface area contributed by atoms with Gasteiger partial charge in [0.05, 0.1) is 11.5 Å². The van der Waals surface area contributed by atoms with Crippen molar-refractivity contribution in [3.63, 3.8) is 0 Å². The topological polar surface area (TPSA) is 67.4 Å². The van der Waals surface area contributed by atoms with E-state index >= 15 is 0 Å². The SMILES string of the molecule is CCOC(=O)N[C@H](CNC(=O)c1ccc(C)s1)CC(C)C. The van der Waals surface area contributed by atoms with Crippen molar-refractivity contribution in [1.82, 2.24) is 10.6 Å². The number of thiophene rings is 1. The van der Waals surface area contributed by atoms with E-state index < -0.39 is 6.09 Å². The van der Waals surface area contributed by atoms with Crippen molar-refractivity contribution >= 4 is 23.3 Å². The number of hydrogen-bond acceptors (Lipinski definition) is 4. The van der Waals surface area contributed by atoms with Gasteiger partial charge in [-0.25, -0.2) is 4.79 Å². The van der Waals surface area contributed by atoms with Gasteiger partial charge in [-0.05, 0) is 38.3 Å². The molecule has 1 aromatic rings. The number of rotatable bonds is 7. The van der Waals surface area contributed by atoms with E-state index in [1.54, 1.807) is 6.92 Å². The molecule has 1 heterocycles. The van der Waals surface area contributed by atoms with Crippen LogP contribution < -0.4 is 10.6 Å². The van der Waals surface area contributed by atoms with Crippen molar-refractivity contribution in [2.75, 3.05) is 13.2 Å². The first-order valence-corrected chi connectivity index (χ1v) is 8.02. The van der Waals surface area contributed by atoms with Crippen LogP contribution in [0.4, 0.5) is 4.79 Å². The molecule has 118 valence electrons. The second-order valence-corrected chi connectivity index (χ2v) is 6.60. The summed E-state index contributed by atoms with van der Waals surface area (Å²) in [4.78, 5) is 25.3. The van der Waals surface area contributed by atoms with Crippen molar-refractivity contribution in [3.8, 4) is 0 Å². The van der Waals surface area contributed by atoms with Crippen LogP contribution in [0.15, 0.2) is 12.1 Å². The lowest BCUT2D eigenvalue weighted by atomic mass is 10.0. The van der Waals surface area contributed by atoms with E-state index in [1.807, 2.05) is 19.1 Å². The highest BCUT2D eigenvalue weighted by atomic mass is 32.1. The summed E-state index contributed by atoms with van der Waals surface area (Å²) < 4.78 is 4.89. The van der Waals surface area contributed by atoms with Gasteiger partial charge < -0.3 is 15.4 Å². The molecule has 2 amide bonds. The average Bonchev–Trinajstić information content (AvgIpc) is 2.82. The predicted octanol–water partition coefficient (Wildman–Crippen LogP) is 2.95. The second kappa shape index (κ2) is 8.67. The average molecular weight is 312 g/mol. The molecule has 1 atom stereocenters. The number of nitrogens with one attached hydrogen (secondary N) is 2. The van der Waals surface area contributed by atoms with Gasteiger partial charge in [-0.2, -0.15) is 0 Å². The Kier molecular flexibility index (Phi) is 7.22. The maximum absolute atomic E-state index is 12.0. The molecule has 0 bridgehead atoms. The lowest BCUT2D eigenvalue weighted by Gasteiger charge is -2.20. The maximum Gasteiger partial charge on any atom is 0.407 e. The summed E-state index contributed by atoms with van der Waals surface area (Å²) in [5.74, 6) is 0.310. The third kappa shape index (κ3) is 6.62. The number of ether oxygens (including phenoxy) is 1. The number of aryl methyl sites for hydroxylation is 1. The molecular formula is C15H24N2O3S. The lowest BCUT2D eigenvalue weighted by molar-refractivity contribution is 0.0948. The Balaban J connectivity index is 2.52. The van der Waals surface area contributed by atoms with Crippen molar-refractivity contribution in [3.05, 3.63) is 21.9 Å². The number of alkyl carbamates (subject to hydrolysis) is 1. The number of carbonyl (C=O) groups excluding carboxylic acids is 2. The maximum atomic E-state index is 12.0. The van der Waals surface area contributed by atoms with Gasteiger partial charge >= 0.3 is 6.09 Å². The summed E-state index contributed by atoms with van der Waals surface area (Å²) in [6.07, 6.45) is 0.340.